The summed E-state index contributed by atoms with van der Waals surface area (Å²) in [6.07, 6.45) is 6.75. The van der Waals surface area contributed by atoms with Crippen LogP contribution in [-0.4, -0.2) is 81.8 Å². The number of carbonyl (C=O) groups excluding carboxylic acids is 4. The van der Waals surface area contributed by atoms with Crippen LogP contribution in [0.3, 0.4) is 0 Å². The van der Waals surface area contributed by atoms with E-state index in [2.05, 4.69) is 27.2 Å². The van der Waals surface area contributed by atoms with Gasteiger partial charge in [0, 0.05) is 19.5 Å². The molecule has 4 amide bonds. The molecule has 11 heteroatoms. The first-order valence-corrected chi connectivity index (χ1v) is 11.9. The second-order valence-electron chi connectivity index (χ2n) is 7.99. The van der Waals surface area contributed by atoms with Gasteiger partial charge in [-0.25, -0.2) is 0 Å². The van der Waals surface area contributed by atoms with Crippen LogP contribution in [-0.2, 0) is 28.7 Å². The summed E-state index contributed by atoms with van der Waals surface area (Å²) < 4.78 is 16.0. The van der Waals surface area contributed by atoms with Crippen molar-refractivity contribution in [2.75, 3.05) is 46.1 Å². The Bertz CT molecular complexity index is 888. The van der Waals surface area contributed by atoms with Crippen molar-refractivity contribution < 1.29 is 33.4 Å². The number of para-hydroxylation sites is 1. The van der Waals surface area contributed by atoms with E-state index in [1.54, 1.807) is 12.1 Å². The molecule has 0 radical (unpaired) electrons. The fourth-order valence-corrected chi connectivity index (χ4v) is 3.28. The van der Waals surface area contributed by atoms with Crippen LogP contribution in [0.25, 0.3) is 0 Å². The molecule has 1 saturated heterocycles. The number of ether oxygens (including phenoxy) is 3. The number of carbonyl (C=O) groups is 4. The molecular weight excluding hydrogens is 468 g/mol. The van der Waals surface area contributed by atoms with Gasteiger partial charge in [0.25, 0.3) is 5.91 Å². The van der Waals surface area contributed by atoms with Crippen LogP contribution in [0.4, 0.5) is 0 Å². The minimum Gasteiger partial charge on any atom is -0.484 e. The molecule has 1 aromatic rings. The zero-order chi connectivity index (χ0) is 26.0. The summed E-state index contributed by atoms with van der Waals surface area (Å²) in [6.45, 7) is 1.02. The standard InChI is InChI=1S/C25H34N4O7/c1-2-8-20-24(32)27-13-14-34-15-16-35-17-23(31)28-21(25(33)29-20)11-6-7-12-26-22(30)18-36-19-9-4-3-5-10-19/h1,3-5,9-10,20-21H,6-8,11-18H2,(H,26,30)(H,27,32)(H,28,31)(H,29,33)/t20-,21+/m1/s1. The highest BCUT2D eigenvalue weighted by molar-refractivity contribution is 5.92. The van der Waals surface area contributed by atoms with Gasteiger partial charge in [0.05, 0.1) is 19.8 Å². The molecule has 2 atom stereocenters. The van der Waals surface area contributed by atoms with Crippen molar-refractivity contribution >= 4 is 23.6 Å². The normalized spacial score (nSPS) is 19.9. The van der Waals surface area contributed by atoms with E-state index in [0.717, 1.165) is 0 Å². The summed E-state index contributed by atoms with van der Waals surface area (Å²) in [6, 6.07) is 7.18. The van der Waals surface area contributed by atoms with Crippen molar-refractivity contribution in [2.45, 2.75) is 37.8 Å². The molecule has 36 heavy (non-hydrogen) atoms. The van der Waals surface area contributed by atoms with E-state index in [1.165, 1.54) is 0 Å². The molecule has 0 spiro atoms. The molecule has 0 bridgehead atoms. The van der Waals surface area contributed by atoms with Gasteiger partial charge in [-0.2, -0.15) is 0 Å². The quantitative estimate of drug-likeness (QED) is 0.263. The average Bonchev–Trinajstić information content (AvgIpc) is 2.88. The Hall–Kier alpha value is -3.62. The molecule has 1 aromatic carbocycles. The lowest BCUT2D eigenvalue weighted by Gasteiger charge is -2.22. The predicted octanol–water partition coefficient (Wildman–Crippen LogP) is -0.492. The summed E-state index contributed by atoms with van der Waals surface area (Å²) >= 11 is 0. The van der Waals surface area contributed by atoms with Crippen LogP contribution in [0.5, 0.6) is 5.75 Å². The summed E-state index contributed by atoms with van der Waals surface area (Å²) in [4.78, 5) is 49.6. The van der Waals surface area contributed by atoms with Crippen LogP contribution < -0.4 is 26.0 Å². The Kier molecular flexibility index (Phi) is 13.4. The van der Waals surface area contributed by atoms with Gasteiger partial charge in [-0.15, -0.1) is 12.3 Å². The minimum atomic E-state index is -0.938. The van der Waals surface area contributed by atoms with Gasteiger partial charge in [0.1, 0.15) is 24.4 Å². The number of rotatable bonds is 9. The van der Waals surface area contributed by atoms with Crippen LogP contribution in [0.15, 0.2) is 30.3 Å². The van der Waals surface area contributed by atoms with Crippen molar-refractivity contribution in [1.29, 1.82) is 0 Å². The smallest absolute Gasteiger partial charge is 0.257 e. The van der Waals surface area contributed by atoms with Crippen LogP contribution in [0.1, 0.15) is 25.7 Å². The highest BCUT2D eigenvalue weighted by Gasteiger charge is 2.26. The molecule has 4 N–H and O–H groups in total. The third kappa shape index (κ3) is 11.7. The van der Waals surface area contributed by atoms with Gasteiger partial charge in [-0.1, -0.05) is 18.2 Å². The lowest BCUT2D eigenvalue weighted by Crippen LogP contribution is -2.54. The fraction of sp³-hybridized carbons (Fsp3) is 0.520. The number of amides is 4. The van der Waals surface area contributed by atoms with E-state index in [-0.39, 0.29) is 51.9 Å². The van der Waals surface area contributed by atoms with E-state index >= 15 is 0 Å². The Morgan fingerprint density at radius 3 is 2.58 bits per heavy atom. The first-order chi connectivity index (χ1) is 17.5. The number of hydrogen-bond donors (Lipinski definition) is 4. The van der Waals surface area contributed by atoms with Crippen molar-refractivity contribution in [3.8, 4) is 18.1 Å². The molecular formula is C25H34N4O7. The van der Waals surface area contributed by atoms with E-state index in [1.807, 2.05) is 18.2 Å². The maximum absolute atomic E-state index is 12.9. The molecule has 196 valence electrons. The number of unbranched alkanes of at least 4 members (excludes halogenated alkanes) is 1. The molecule has 0 saturated carbocycles. The zero-order valence-corrected chi connectivity index (χ0v) is 20.3. The van der Waals surface area contributed by atoms with Gasteiger partial charge in [-0.3, -0.25) is 19.2 Å². The molecule has 1 aliphatic heterocycles. The molecule has 1 heterocycles. The second kappa shape index (κ2) is 16.9. The first kappa shape index (κ1) is 28.6. The van der Waals surface area contributed by atoms with Crippen molar-refractivity contribution in [1.82, 2.24) is 21.3 Å². The Labute approximate surface area is 211 Å². The van der Waals surface area contributed by atoms with Crippen molar-refractivity contribution in [3.63, 3.8) is 0 Å². The maximum atomic E-state index is 12.9. The number of terminal acetylenes is 1. The second-order valence-corrected chi connectivity index (χ2v) is 7.99. The van der Waals surface area contributed by atoms with E-state index in [4.69, 9.17) is 20.6 Å². The molecule has 1 aliphatic rings. The maximum Gasteiger partial charge on any atom is 0.257 e. The SMILES string of the molecule is C#CC[C@H]1NC(=O)[C@H](CCCCNC(=O)COc2ccccc2)NC(=O)COCCOCCNC1=O. The Morgan fingerprint density at radius 1 is 1.03 bits per heavy atom. The topological polar surface area (TPSA) is 144 Å². The van der Waals surface area contributed by atoms with Gasteiger partial charge in [0.15, 0.2) is 6.61 Å². The van der Waals surface area contributed by atoms with E-state index in [9.17, 15) is 19.2 Å². The third-order valence-corrected chi connectivity index (χ3v) is 5.11. The molecule has 0 aliphatic carbocycles. The Morgan fingerprint density at radius 2 is 1.81 bits per heavy atom. The van der Waals surface area contributed by atoms with Crippen LogP contribution in [0.2, 0.25) is 0 Å². The minimum absolute atomic E-state index is 0.000702. The number of nitrogens with one attached hydrogen (secondary N) is 4. The number of hydrogen-bond acceptors (Lipinski definition) is 7. The molecule has 2 rings (SSSR count). The summed E-state index contributed by atoms with van der Waals surface area (Å²) in [7, 11) is 0. The highest BCUT2D eigenvalue weighted by atomic mass is 16.5. The fourth-order valence-electron chi connectivity index (χ4n) is 3.28. The lowest BCUT2D eigenvalue weighted by molar-refractivity contribution is -0.133. The van der Waals surface area contributed by atoms with Crippen LogP contribution in [0, 0.1) is 12.3 Å². The average molecular weight is 503 g/mol. The summed E-state index contributed by atoms with van der Waals surface area (Å²) in [5.41, 5.74) is 0. The summed E-state index contributed by atoms with van der Waals surface area (Å²) in [5, 5.41) is 10.7. The molecule has 0 aromatic heterocycles. The third-order valence-electron chi connectivity index (χ3n) is 5.11. The molecule has 1 fully saturated rings. The van der Waals surface area contributed by atoms with Gasteiger partial charge in [0.2, 0.25) is 17.7 Å². The van der Waals surface area contributed by atoms with Gasteiger partial charge in [-0.05, 0) is 31.4 Å². The predicted molar refractivity (Wildman–Crippen MR) is 131 cm³/mol. The monoisotopic (exact) mass is 502 g/mol. The van der Waals surface area contributed by atoms with Crippen LogP contribution >= 0.6 is 0 Å². The Balaban J connectivity index is 1.84. The molecule has 0 unspecified atom stereocenters. The summed E-state index contributed by atoms with van der Waals surface area (Å²) in [5.74, 6) is 1.31. The molecule has 11 nitrogen and oxygen atoms in total. The van der Waals surface area contributed by atoms with Crippen molar-refractivity contribution in [3.05, 3.63) is 30.3 Å². The largest absolute Gasteiger partial charge is 0.484 e. The lowest BCUT2D eigenvalue weighted by atomic mass is 10.1. The zero-order valence-electron chi connectivity index (χ0n) is 20.3. The van der Waals surface area contributed by atoms with Gasteiger partial charge < -0.3 is 35.5 Å². The van der Waals surface area contributed by atoms with Gasteiger partial charge >= 0.3 is 0 Å². The van der Waals surface area contributed by atoms with E-state index in [0.29, 0.717) is 31.6 Å². The first-order valence-electron chi connectivity index (χ1n) is 11.9. The van der Waals surface area contributed by atoms with E-state index < -0.39 is 29.8 Å². The van der Waals surface area contributed by atoms with Crippen molar-refractivity contribution in [2.24, 2.45) is 0 Å². The highest BCUT2D eigenvalue weighted by Crippen LogP contribution is 2.08. The number of benzene rings is 1.